The van der Waals surface area contributed by atoms with Gasteiger partial charge in [0.25, 0.3) is 0 Å². The number of ether oxygens (including phenoxy) is 2. The summed E-state index contributed by atoms with van der Waals surface area (Å²) in [6.07, 6.45) is 6.84. The molecule has 3 aliphatic rings. The molecule has 6 nitrogen and oxygen atoms in total. The van der Waals surface area contributed by atoms with Crippen molar-refractivity contribution in [2.75, 3.05) is 38.2 Å². The summed E-state index contributed by atoms with van der Waals surface area (Å²) in [6, 6.07) is 14.0. The highest BCUT2D eigenvalue weighted by atomic mass is 16.5. The van der Waals surface area contributed by atoms with Crippen LogP contribution in [0.1, 0.15) is 60.6 Å². The number of likely N-dealkylation sites (tertiary alicyclic amines) is 1. The lowest BCUT2D eigenvalue weighted by Gasteiger charge is -2.33. The smallest absolute Gasteiger partial charge is 0.318 e. The summed E-state index contributed by atoms with van der Waals surface area (Å²) in [6.45, 7) is 6.60. The van der Waals surface area contributed by atoms with Gasteiger partial charge in [-0.1, -0.05) is 36.4 Å². The molecular formula is C29H36N4O2. The van der Waals surface area contributed by atoms with E-state index in [1.165, 1.54) is 54.0 Å². The normalized spacial score (nSPS) is 23.0. The lowest BCUT2D eigenvalue weighted by Crippen LogP contribution is -2.34. The number of aryl methyl sites for hydroxylation is 1. The topological polar surface area (TPSA) is 50.7 Å². The average Bonchev–Trinajstić information content (AvgIpc) is 3.31. The van der Waals surface area contributed by atoms with Crippen LogP contribution >= 0.6 is 0 Å². The van der Waals surface area contributed by atoms with Gasteiger partial charge >= 0.3 is 6.01 Å². The Morgan fingerprint density at radius 2 is 1.83 bits per heavy atom. The Balaban J connectivity index is 1.33. The molecule has 6 heteroatoms. The molecule has 0 amide bonds. The Morgan fingerprint density at radius 1 is 1.00 bits per heavy atom. The minimum absolute atomic E-state index is 0.0229. The number of hydrogen-bond donors (Lipinski definition) is 0. The van der Waals surface area contributed by atoms with Crippen LogP contribution in [0.2, 0.25) is 0 Å². The molecule has 1 aromatic heterocycles. The number of rotatable bonds is 5. The second kappa shape index (κ2) is 9.75. The van der Waals surface area contributed by atoms with E-state index in [2.05, 4.69) is 60.2 Å². The fraction of sp³-hybridized carbons (Fsp3) is 0.517. The van der Waals surface area contributed by atoms with Crippen LogP contribution in [0.4, 0.5) is 5.82 Å². The third-order valence-corrected chi connectivity index (χ3v) is 8.08. The maximum Gasteiger partial charge on any atom is 0.318 e. The Kier molecular flexibility index (Phi) is 6.33. The van der Waals surface area contributed by atoms with Crippen molar-refractivity contribution in [1.82, 2.24) is 14.9 Å². The zero-order chi connectivity index (χ0) is 23.8. The monoisotopic (exact) mass is 472 g/mol. The van der Waals surface area contributed by atoms with Crippen molar-refractivity contribution in [2.45, 2.75) is 64.2 Å². The van der Waals surface area contributed by atoms with E-state index in [1.54, 1.807) is 0 Å². The van der Waals surface area contributed by atoms with Crippen LogP contribution in [0.15, 0.2) is 36.4 Å². The van der Waals surface area contributed by atoms with Crippen LogP contribution in [0.5, 0.6) is 6.01 Å². The molecule has 0 spiro atoms. The zero-order valence-corrected chi connectivity index (χ0v) is 21.0. The van der Waals surface area contributed by atoms with Gasteiger partial charge in [-0.25, -0.2) is 0 Å². The second-order valence-electron chi connectivity index (χ2n) is 10.4. The van der Waals surface area contributed by atoms with Crippen molar-refractivity contribution >= 4 is 16.6 Å². The molecule has 2 atom stereocenters. The van der Waals surface area contributed by atoms with Gasteiger partial charge in [-0.15, -0.1) is 0 Å². The third kappa shape index (κ3) is 4.50. The third-order valence-electron chi connectivity index (χ3n) is 8.08. The van der Waals surface area contributed by atoms with Gasteiger partial charge in [-0.2, -0.15) is 9.97 Å². The summed E-state index contributed by atoms with van der Waals surface area (Å²) < 4.78 is 12.8. The molecule has 3 aromatic rings. The number of likely N-dealkylation sites (N-methyl/N-ethyl adjacent to an activating group) is 1. The number of piperidine rings is 1. The fourth-order valence-electron chi connectivity index (χ4n) is 6.05. The molecular weight excluding hydrogens is 436 g/mol. The second-order valence-corrected chi connectivity index (χ2v) is 10.4. The minimum atomic E-state index is -0.0229. The zero-order valence-electron chi connectivity index (χ0n) is 21.0. The predicted molar refractivity (Wildman–Crippen MR) is 139 cm³/mol. The first-order valence-electron chi connectivity index (χ1n) is 13.2. The molecule has 2 aromatic carbocycles. The Labute approximate surface area is 208 Å². The van der Waals surface area contributed by atoms with Crippen LogP contribution in [0.25, 0.3) is 10.8 Å². The molecule has 2 saturated heterocycles. The highest BCUT2D eigenvalue weighted by Crippen LogP contribution is 2.38. The molecule has 6 rings (SSSR count). The van der Waals surface area contributed by atoms with Crippen LogP contribution in [-0.2, 0) is 17.8 Å². The van der Waals surface area contributed by atoms with Crippen molar-refractivity contribution in [3.05, 3.63) is 58.8 Å². The maximum absolute atomic E-state index is 6.53. The molecule has 0 bridgehead atoms. The molecule has 2 fully saturated rings. The van der Waals surface area contributed by atoms with Crippen molar-refractivity contribution in [3.63, 3.8) is 0 Å². The minimum Gasteiger partial charge on any atom is -0.462 e. The van der Waals surface area contributed by atoms with Gasteiger partial charge in [0.1, 0.15) is 12.4 Å². The largest absolute Gasteiger partial charge is 0.462 e. The van der Waals surface area contributed by atoms with E-state index in [9.17, 15) is 0 Å². The van der Waals surface area contributed by atoms with Crippen molar-refractivity contribution in [3.8, 4) is 6.01 Å². The Morgan fingerprint density at radius 3 is 2.63 bits per heavy atom. The molecule has 3 aliphatic heterocycles. The van der Waals surface area contributed by atoms with Gasteiger partial charge < -0.3 is 19.3 Å². The van der Waals surface area contributed by atoms with Crippen LogP contribution < -0.4 is 9.64 Å². The van der Waals surface area contributed by atoms with Gasteiger partial charge in [0.15, 0.2) is 0 Å². The van der Waals surface area contributed by atoms with Gasteiger partial charge in [0, 0.05) is 31.1 Å². The maximum atomic E-state index is 6.53. The number of hydrogen-bond acceptors (Lipinski definition) is 6. The van der Waals surface area contributed by atoms with E-state index < -0.39 is 0 Å². The van der Waals surface area contributed by atoms with E-state index in [4.69, 9.17) is 19.4 Å². The number of anilines is 1. The SMILES string of the molecule is Cc1cccc2cccc(C3Cc4nc(OC[C@@H]5CCCN5C)nc(N5CCCCC5)c4CO3)c12. The van der Waals surface area contributed by atoms with Gasteiger partial charge in [0.2, 0.25) is 0 Å². The quantitative estimate of drug-likeness (QED) is 0.508. The van der Waals surface area contributed by atoms with Crippen molar-refractivity contribution < 1.29 is 9.47 Å². The standard InChI is InChI=1S/C29H36N4O2/c1-20-9-6-10-21-11-7-13-23(27(20)21)26-17-25-24(19-34-26)28(33-15-4-3-5-16-33)31-29(30-25)35-18-22-12-8-14-32(22)2/h6-7,9-11,13,22,26H,3-5,8,12,14-19H2,1-2H3/t22-,26?/m0/s1. The average molecular weight is 473 g/mol. The van der Waals surface area contributed by atoms with Gasteiger partial charge in [0.05, 0.1) is 18.4 Å². The van der Waals surface area contributed by atoms with E-state index in [-0.39, 0.29) is 6.10 Å². The molecule has 1 unspecified atom stereocenters. The molecule has 4 heterocycles. The van der Waals surface area contributed by atoms with Gasteiger partial charge in [-0.3, -0.25) is 0 Å². The van der Waals surface area contributed by atoms with Crippen molar-refractivity contribution in [2.24, 2.45) is 0 Å². The summed E-state index contributed by atoms with van der Waals surface area (Å²) >= 11 is 0. The predicted octanol–water partition coefficient (Wildman–Crippen LogP) is 5.22. The highest BCUT2D eigenvalue weighted by Gasteiger charge is 2.30. The van der Waals surface area contributed by atoms with Gasteiger partial charge in [-0.05, 0) is 74.5 Å². The highest BCUT2D eigenvalue weighted by molar-refractivity contribution is 5.89. The summed E-state index contributed by atoms with van der Waals surface area (Å²) in [7, 11) is 2.18. The number of aromatic nitrogens is 2. The Hall–Kier alpha value is -2.70. The number of benzene rings is 2. The molecule has 184 valence electrons. The molecule has 0 aliphatic carbocycles. The first-order chi connectivity index (χ1) is 17.2. The summed E-state index contributed by atoms with van der Waals surface area (Å²) in [4.78, 5) is 14.7. The first kappa shape index (κ1) is 22.7. The fourth-order valence-corrected chi connectivity index (χ4v) is 6.05. The lowest BCUT2D eigenvalue weighted by atomic mass is 9.92. The lowest BCUT2D eigenvalue weighted by molar-refractivity contribution is 0.0265. The summed E-state index contributed by atoms with van der Waals surface area (Å²) in [5.74, 6) is 1.03. The van der Waals surface area contributed by atoms with E-state index in [0.29, 0.717) is 25.3 Å². The van der Waals surface area contributed by atoms with E-state index in [1.807, 2.05) is 0 Å². The molecule has 0 radical (unpaired) electrons. The van der Waals surface area contributed by atoms with Crippen LogP contribution in [-0.4, -0.2) is 54.2 Å². The van der Waals surface area contributed by atoms with Crippen LogP contribution in [0, 0.1) is 6.92 Å². The summed E-state index contributed by atoms with van der Waals surface area (Å²) in [5.41, 5.74) is 4.76. The van der Waals surface area contributed by atoms with E-state index >= 15 is 0 Å². The summed E-state index contributed by atoms with van der Waals surface area (Å²) in [5, 5.41) is 2.56. The molecule has 0 N–H and O–H groups in total. The number of nitrogens with zero attached hydrogens (tertiary/aromatic N) is 4. The number of fused-ring (bicyclic) bond motifs is 2. The molecule has 0 saturated carbocycles. The van der Waals surface area contributed by atoms with Crippen LogP contribution in [0.3, 0.4) is 0 Å². The first-order valence-corrected chi connectivity index (χ1v) is 13.2. The molecule has 35 heavy (non-hydrogen) atoms. The van der Waals surface area contributed by atoms with Crippen molar-refractivity contribution in [1.29, 1.82) is 0 Å². The Bertz CT molecular complexity index is 1200. The van der Waals surface area contributed by atoms with E-state index in [0.717, 1.165) is 43.1 Å².